The Balaban J connectivity index is 0.000000212. The zero-order valence-corrected chi connectivity index (χ0v) is 28.9. The van der Waals surface area contributed by atoms with Gasteiger partial charge in [0.25, 0.3) is 0 Å². The van der Waals surface area contributed by atoms with E-state index in [1.807, 2.05) is 60.0 Å². The van der Waals surface area contributed by atoms with Gasteiger partial charge in [0.05, 0.1) is 15.7 Å². The van der Waals surface area contributed by atoms with Crippen LogP contribution in [0.5, 0.6) is 0 Å². The topological polar surface area (TPSA) is 30.2 Å². The Bertz CT molecular complexity index is 2670. The van der Waals surface area contributed by atoms with Crippen molar-refractivity contribution in [2.45, 2.75) is 13.8 Å². The minimum absolute atomic E-state index is 0. The summed E-state index contributed by atoms with van der Waals surface area (Å²) >= 11 is 1.90. The Hall–Kier alpha value is -4.93. The Morgan fingerprint density at radius 3 is 2.17 bits per heavy atom. The Morgan fingerprint density at radius 2 is 1.36 bits per heavy atom. The number of hydrogen-bond donors (Lipinski definition) is 0. The summed E-state index contributed by atoms with van der Waals surface area (Å²) in [6.45, 7) is 4.25. The van der Waals surface area contributed by atoms with E-state index in [2.05, 4.69) is 108 Å². The number of benzene rings is 5. The van der Waals surface area contributed by atoms with Crippen LogP contribution in [0, 0.1) is 26.0 Å². The summed E-state index contributed by atoms with van der Waals surface area (Å²) in [5.74, 6) is 0. The molecule has 10 rings (SSSR count). The first-order valence-electron chi connectivity index (χ1n) is 15.4. The summed E-state index contributed by atoms with van der Waals surface area (Å²) in [6, 6.07) is 47.0. The first-order chi connectivity index (χ1) is 22.7. The molecule has 5 heteroatoms. The molecule has 0 N–H and O–H groups in total. The predicted molar refractivity (Wildman–Crippen MR) is 194 cm³/mol. The molecule has 0 atom stereocenters. The molecular formula is C42H27IrN3S-2. The molecule has 0 fully saturated rings. The second kappa shape index (κ2) is 11.7. The summed E-state index contributed by atoms with van der Waals surface area (Å²) in [4.78, 5) is 8.92. The third kappa shape index (κ3) is 4.73. The minimum atomic E-state index is 0. The largest absolute Gasteiger partial charge is 0.348 e. The van der Waals surface area contributed by atoms with Crippen LogP contribution in [0.4, 0.5) is 0 Å². The second-order valence-corrected chi connectivity index (χ2v) is 12.8. The minimum Gasteiger partial charge on any atom is -0.348 e. The summed E-state index contributed by atoms with van der Waals surface area (Å²) in [5, 5.41) is 7.85. The molecule has 0 amide bonds. The number of thiophene rings is 1. The van der Waals surface area contributed by atoms with Crippen molar-refractivity contribution in [2.75, 3.05) is 0 Å². The van der Waals surface area contributed by atoms with E-state index < -0.39 is 0 Å². The molecule has 47 heavy (non-hydrogen) atoms. The van der Waals surface area contributed by atoms with E-state index in [9.17, 15) is 0 Å². The summed E-state index contributed by atoms with van der Waals surface area (Å²) in [5.41, 5.74) is 10.3. The number of para-hydroxylation sites is 1. The van der Waals surface area contributed by atoms with E-state index >= 15 is 0 Å². The molecule has 0 saturated carbocycles. The Labute approximate surface area is 289 Å². The molecule has 5 heterocycles. The third-order valence-corrected chi connectivity index (χ3v) is 10.2. The van der Waals surface area contributed by atoms with Crippen LogP contribution in [0.3, 0.4) is 0 Å². The second-order valence-electron chi connectivity index (χ2n) is 11.8. The predicted octanol–water partition coefficient (Wildman–Crippen LogP) is 11.2. The van der Waals surface area contributed by atoms with Crippen molar-refractivity contribution < 1.29 is 20.1 Å². The van der Waals surface area contributed by atoms with Crippen LogP contribution in [0.2, 0.25) is 0 Å². The van der Waals surface area contributed by atoms with Gasteiger partial charge in [-0.1, -0.05) is 77.7 Å². The first-order valence-corrected chi connectivity index (χ1v) is 16.2. The van der Waals surface area contributed by atoms with Gasteiger partial charge in [-0.25, -0.2) is 0 Å². The Morgan fingerprint density at radius 1 is 0.596 bits per heavy atom. The molecule has 3 nitrogen and oxygen atoms in total. The van der Waals surface area contributed by atoms with E-state index in [0.717, 1.165) is 22.5 Å². The van der Waals surface area contributed by atoms with Gasteiger partial charge in [0.2, 0.25) is 0 Å². The summed E-state index contributed by atoms with van der Waals surface area (Å²) in [7, 11) is 0. The average molecular weight is 798 g/mol. The van der Waals surface area contributed by atoms with Gasteiger partial charge in [-0.3, -0.25) is 0 Å². The molecule has 5 aromatic heterocycles. The molecule has 0 aliphatic rings. The van der Waals surface area contributed by atoms with Gasteiger partial charge in [0.1, 0.15) is 0 Å². The smallest absolute Gasteiger partial charge is 0.0634 e. The quantitative estimate of drug-likeness (QED) is 0.163. The van der Waals surface area contributed by atoms with E-state index in [4.69, 9.17) is 4.98 Å². The fourth-order valence-corrected chi connectivity index (χ4v) is 7.90. The van der Waals surface area contributed by atoms with Crippen LogP contribution in [0.25, 0.3) is 80.8 Å². The van der Waals surface area contributed by atoms with Crippen molar-refractivity contribution in [1.82, 2.24) is 14.4 Å². The van der Waals surface area contributed by atoms with Crippen LogP contribution in [0.15, 0.2) is 128 Å². The van der Waals surface area contributed by atoms with Crippen molar-refractivity contribution in [3.05, 3.63) is 151 Å². The van der Waals surface area contributed by atoms with Crippen molar-refractivity contribution in [3.8, 4) is 22.5 Å². The number of rotatable bonds is 2. The van der Waals surface area contributed by atoms with Crippen LogP contribution in [0.1, 0.15) is 11.1 Å². The van der Waals surface area contributed by atoms with E-state index in [1.165, 1.54) is 69.4 Å². The molecule has 0 bridgehead atoms. The van der Waals surface area contributed by atoms with Gasteiger partial charge < -0.3 is 14.4 Å². The normalized spacial score (nSPS) is 11.4. The van der Waals surface area contributed by atoms with Crippen LogP contribution in [-0.2, 0) is 20.1 Å². The maximum absolute atomic E-state index is 4.70. The number of hydrogen-bond acceptors (Lipinski definition) is 3. The van der Waals surface area contributed by atoms with E-state index in [-0.39, 0.29) is 20.1 Å². The maximum atomic E-state index is 4.70. The molecule has 5 aromatic carbocycles. The zero-order chi connectivity index (χ0) is 30.8. The zero-order valence-electron chi connectivity index (χ0n) is 25.7. The molecule has 0 aliphatic carbocycles. The van der Waals surface area contributed by atoms with Crippen LogP contribution in [-0.4, -0.2) is 14.4 Å². The van der Waals surface area contributed by atoms with Gasteiger partial charge in [-0.15, -0.1) is 71.0 Å². The molecular weight excluding hydrogens is 771 g/mol. The molecule has 0 saturated heterocycles. The summed E-state index contributed by atoms with van der Waals surface area (Å²) in [6.07, 6.45) is 3.75. The first kappa shape index (κ1) is 29.5. The van der Waals surface area contributed by atoms with Gasteiger partial charge in [0, 0.05) is 58.7 Å². The van der Waals surface area contributed by atoms with Crippen molar-refractivity contribution in [1.29, 1.82) is 0 Å². The standard InChI is InChI=1S/C31H19N2S.C11H8N.Ir/c1-17-14-26(32-16-18(17)2)19-10-13-27-25(15-19)22-8-5-7-21-23-11-12-24-20-6-3-4-9-28(20)34-31(24)30(23)33(27)29(21)22;1-2-6-10(7-3-1)11-8-4-5-9-12-11;/h3-9,11-16H,1-2H3;1-6,8-9H;/q2*-1;. The number of aryl methyl sites for hydroxylation is 2. The Kier molecular flexibility index (Phi) is 7.34. The summed E-state index contributed by atoms with van der Waals surface area (Å²) < 4.78 is 5.17. The van der Waals surface area contributed by atoms with Gasteiger partial charge in [-0.05, 0) is 53.8 Å². The van der Waals surface area contributed by atoms with Gasteiger partial charge >= 0.3 is 0 Å². The number of nitrogens with zero attached hydrogens (tertiary/aromatic N) is 3. The number of fused-ring (bicyclic) bond motifs is 10. The van der Waals surface area contributed by atoms with Crippen molar-refractivity contribution in [2.24, 2.45) is 0 Å². The molecule has 0 spiro atoms. The molecule has 0 aliphatic heterocycles. The van der Waals surface area contributed by atoms with Gasteiger partial charge in [0.15, 0.2) is 0 Å². The fraction of sp³-hybridized carbons (Fsp3) is 0.0476. The average Bonchev–Trinajstić information content (AvgIpc) is 3.77. The molecule has 1 radical (unpaired) electrons. The monoisotopic (exact) mass is 798 g/mol. The number of aromatic nitrogens is 3. The molecule has 10 aromatic rings. The van der Waals surface area contributed by atoms with Crippen molar-refractivity contribution >= 4 is 69.6 Å². The molecule has 0 unspecified atom stereocenters. The van der Waals surface area contributed by atoms with E-state index in [0.29, 0.717) is 0 Å². The van der Waals surface area contributed by atoms with E-state index in [1.54, 1.807) is 6.20 Å². The van der Waals surface area contributed by atoms with Crippen molar-refractivity contribution in [3.63, 3.8) is 0 Å². The number of pyridine rings is 2. The molecule has 227 valence electrons. The maximum Gasteiger partial charge on any atom is 0.0634 e. The van der Waals surface area contributed by atoms with Crippen LogP contribution < -0.4 is 0 Å². The third-order valence-electron chi connectivity index (χ3n) is 9.05. The van der Waals surface area contributed by atoms with Crippen LogP contribution >= 0.6 is 11.3 Å². The SMILES string of the molecule is Cc1cnc(-c2[c-]cc3c(c2)c2cccc4c5ccc6c7ccccc7sc6c5n3c24)cc1C.[Ir].[c-]1ccccc1-c1ccccn1. The van der Waals surface area contributed by atoms with Gasteiger partial charge in [-0.2, -0.15) is 0 Å². The fourth-order valence-electron chi connectivity index (χ4n) is 6.66.